The van der Waals surface area contributed by atoms with Crippen LogP contribution in [0.5, 0.6) is 0 Å². The van der Waals surface area contributed by atoms with E-state index in [4.69, 9.17) is 0 Å². The first-order chi connectivity index (χ1) is 6.34. The van der Waals surface area contributed by atoms with Crippen LogP contribution in [0.2, 0.25) is 0 Å². The number of aromatic nitrogens is 2. The Labute approximate surface area is 78.4 Å². The Morgan fingerprint density at radius 1 is 1.38 bits per heavy atom. The van der Waals surface area contributed by atoms with E-state index in [-0.39, 0.29) is 5.56 Å². The molecule has 0 spiro atoms. The monoisotopic (exact) mass is 180 g/mol. The maximum absolute atomic E-state index is 11.2. The Bertz CT molecular complexity index is 293. The Balaban J connectivity index is 2.37. The highest BCUT2D eigenvalue weighted by Crippen LogP contribution is 1.99. The number of hydrogen-bond acceptors (Lipinski definition) is 2. The van der Waals surface area contributed by atoms with Crippen molar-refractivity contribution in [3.63, 3.8) is 0 Å². The lowest BCUT2D eigenvalue weighted by Crippen LogP contribution is -2.18. The van der Waals surface area contributed by atoms with Crippen molar-refractivity contribution >= 4 is 0 Å². The Kier molecular flexibility index (Phi) is 4.23. The van der Waals surface area contributed by atoms with Crippen LogP contribution in [-0.2, 0) is 6.54 Å². The molecule has 0 atom stereocenters. The summed E-state index contributed by atoms with van der Waals surface area (Å²) in [6.07, 6.45) is 7.87. The van der Waals surface area contributed by atoms with Gasteiger partial charge in [0.2, 0.25) is 0 Å². The fourth-order valence-corrected chi connectivity index (χ4v) is 1.26. The van der Waals surface area contributed by atoms with Crippen molar-refractivity contribution in [3.8, 4) is 0 Å². The summed E-state index contributed by atoms with van der Waals surface area (Å²) in [5, 5.41) is 0. The number of aryl methyl sites for hydroxylation is 1. The molecule has 0 saturated carbocycles. The van der Waals surface area contributed by atoms with Gasteiger partial charge in [-0.2, -0.15) is 0 Å². The second-order valence-electron chi connectivity index (χ2n) is 3.17. The highest BCUT2D eigenvalue weighted by molar-refractivity contribution is 4.81. The minimum absolute atomic E-state index is 0.0477. The van der Waals surface area contributed by atoms with Gasteiger partial charge < -0.3 is 0 Å². The third kappa shape index (κ3) is 3.40. The van der Waals surface area contributed by atoms with Crippen LogP contribution in [0.25, 0.3) is 0 Å². The molecular weight excluding hydrogens is 164 g/mol. The number of rotatable bonds is 5. The van der Waals surface area contributed by atoms with Crippen molar-refractivity contribution in [2.75, 3.05) is 0 Å². The van der Waals surface area contributed by atoms with Crippen molar-refractivity contribution in [2.45, 2.75) is 39.2 Å². The fraction of sp³-hybridized carbons (Fsp3) is 0.600. The summed E-state index contributed by atoms with van der Waals surface area (Å²) in [5.74, 6) is 0. The van der Waals surface area contributed by atoms with Crippen LogP contribution in [0.4, 0.5) is 0 Å². The lowest BCUT2D eigenvalue weighted by Gasteiger charge is -2.02. The SMILES string of the molecule is CCCCCCn1cnccc1=O. The van der Waals surface area contributed by atoms with E-state index in [1.54, 1.807) is 10.9 Å². The van der Waals surface area contributed by atoms with Gasteiger partial charge in [0.25, 0.3) is 5.56 Å². The molecular formula is C10H16N2O. The summed E-state index contributed by atoms with van der Waals surface area (Å²) in [4.78, 5) is 15.1. The second-order valence-corrected chi connectivity index (χ2v) is 3.17. The van der Waals surface area contributed by atoms with Crippen LogP contribution in [0.1, 0.15) is 32.6 Å². The zero-order valence-electron chi connectivity index (χ0n) is 8.07. The van der Waals surface area contributed by atoms with Crippen molar-refractivity contribution < 1.29 is 0 Å². The maximum Gasteiger partial charge on any atom is 0.253 e. The highest BCUT2D eigenvalue weighted by Gasteiger charge is 1.93. The molecule has 1 heterocycles. The molecule has 13 heavy (non-hydrogen) atoms. The van der Waals surface area contributed by atoms with Gasteiger partial charge in [0.05, 0.1) is 6.33 Å². The van der Waals surface area contributed by atoms with Gasteiger partial charge in [-0.3, -0.25) is 9.36 Å². The summed E-state index contributed by atoms with van der Waals surface area (Å²) < 4.78 is 1.66. The van der Waals surface area contributed by atoms with Gasteiger partial charge in [-0.05, 0) is 6.42 Å². The standard InChI is InChI=1S/C10H16N2O/c1-2-3-4-5-8-12-9-11-7-6-10(12)13/h6-7,9H,2-5,8H2,1H3. The van der Waals surface area contributed by atoms with E-state index in [1.165, 1.54) is 31.5 Å². The van der Waals surface area contributed by atoms with Crippen molar-refractivity contribution in [3.05, 3.63) is 28.9 Å². The smallest absolute Gasteiger partial charge is 0.253 e. The molecule has 1 aromatic heterocycles. The molecule has 3 nitrogen and oxygen atoms in total. The van der Waals surface area contributed by atoms with Crippen LogP contribution >= 0.6 is 0 Å². The number of hydrogen-bond donors (Lipinski definition) is 0. The molecule has 0 saturated heterocycles. The molecule has 3 heteroatoms. The van der Waals surface area contributed by atoms with Gasteiger partial charge in [0.1, 0.15) is 0 Å². The van der Waals surface area contributed by atoms with Crippen LogP contribution in [-0.4, -0.2) is 9.55 Å². The largest absolute Gasteiger partial charge is 0.299 e. The third-order valence-electron chi connectivity index (χ3n) is 2.04. The van der Waals surface area contributed by atoms with Gasteiger partial charge >= 0.3 is 0 Å². The first-order valence-corrected chi connectivity index (χ1v) is 4.85. The summed E-state index contributed by atoms with van der Waals surface area (Å²) in [7, 11) is 0. The molecule has 0 aliphatic heterocycles. The molecule has 0 radical (unpaired) electrons. The van der Waals surface area contributed by atoms with E-state index in [9.17, 15) is 4.79 Å². The minimum Gasteiger partial charge on any atom is -0.299 e. The summed E-state index contributed by atoms with van der Waals surface area (Å²) in [6.45, 7) is 2.98. The fourth-order valence-electron chi connectivity index (χ4n) is 1.26. The molecule has 72 valence electrons. The first-order valence-electron chi connectivity index (χ1n) is 4.85. The number of nitrogens with zero attached hydrogens (tertiary/aromatic N) is 2. The second kappa shape index (κ2) is 5.51. The Hall–Kier alpha value is -1.12. The van der Waals surface area contributed by atoms with E-state index in [0.29, 0.717) is 0 Å². The molecule has 0 unspecified atom stereocenters. The lowest BCUT2D eigenvalue weighted by molar-refractivity contribution is 0.564. The van der Waals surface area contributed by atoms with E-state index >= 15 is 0 Å². The van der Waals surface area contributed by atoms with Gasteiger partial charge in [-0.1, -0.05) is 26.2 Å². The van der Waals surface area contributed by atoms with Crippen LogP contribution < -0.4 is 5.56 Å². The van der Waals surface area contributed by atoms with E-state index in [1.807, 2.05) is 0 Å². The van der Waals surface area contributed by atoms with Crippen molar-refractivity contribution in [2.24, 2.45) is 0 Å². The molecule has 1 rings (SSSR count). The quantitative estimate of drug-likeness (QED) is 0.648. The summed E-state index contributed by atoms with van der Waals surface area (Å²) in [6, 6.07) is 1.50. The van der Waals surface area contributed by atoms with Crippen LogP contribution in [0, 0.1) is 0 Å². The highest BCUT2D eigenvalue weighted by atomic mass is 16.1. The molecule has 0 bridgehead atoms. The first kappa shape index (κ1) is 9.96. The van der Waals surface area contributed by atoms with E-state index in [2.05, 4.69) is 11.9 Å². The third-order valence-corrected chi connectivity index (χ3v) is 2.04. The molecule has 1 aromatic rings. The van der Waals surface area contributed by atoms with Crippen molar-refractivity contribution in [1.29, 1.82) is 0 Å². The molecule has 0 amide bonds. The van der Waals surface area contributed by atoms with Gasteiger partial charge in [-0.25, -0.2) is 4.98 Å². The van der Waals surface area contributed by atoms with Crippen molar-refractivity contribution in [1.82, 2.24) is 9.55 Å². The minimum atomic E-state index is 0.0477. The Morgan fingerprint density at radius 2 is 2.23 bits per heavy atom. The normalized spacial score (nSPS) is 10.2. The van der Waals surface area contributed by atoms with E-state index < -0.39 is 0 Å². The predicted octanol–water partition coefficient (Wildman–Crippen LogP) is 1.82. The average molecular weight is 180 g/mol. The van der Waals surface area contributed by atoms with Gasteiger partial charge in [-0.15, -0.1) is 0 Å². The summed E-state index contributed by atoms with van der Waals surface area (Å²) in [5.41, 5.74) is 0.0477. The molecule has 0 fully saturated rings. The molecule has 0 aliphatic carbocycles. The average Bonchev–Trinajstić information content (AvgIpc) is 2.15. The summed E-state index contributed by atoms with van der Waals surface area (Å²) >= 11 is 0. The van der Waals surface area contributed by atoms with Crippen LogP contribution in [0.3, 0.4) is 0 Å². The number of unbranched alkanes of at least 4 members (excludes halogenated alkanes) is 3. The molecule has 0 N–H and O–H groups in total. The van der Waals surface area contributed by atoms with Gasteiger partial charge in [0.15, 0.2) is 0 Å². The maximum atomic E-state index is 11.2. The topological polar surface area (TPSA) is 34.9 Å². The Morgan fingerprint density at radius 3 is 2.92 bits per heavy atom. The zero-order valence-corrected chi connectivity index (χ0v) is 8.07. The van der Waals surface area contributed by atoms with Gasteiger partial charge in [0, 0.05) is 18.8 Å². The molecule has 0 aliphatic rings. The lowest BCUT2D eigenvalue weighted by atomic mass is 10.2. The predicted molar refractivity (Wildman–Crippen MR) is 52.6 cm³/mol. The van der Waals surface area contributed by atoms with E-state index in [0.717, 1.165) is 13.0 Å². The zero-order chi connectivity index (χ0) is 9.52. The van der Waals surface area contributed by atoms with Crippen LogP contribution in [0.15, 0.2) is 23.4 Å². The molecule has 0 aromatic carbocycles.